The maximum Gasteiger partial charge on any atom is 0.296 e. The first-order chi connectivity index (χ1) is 15.3. The molecule has 0 saturated carbocycles. The van der Waals surface area contributed by atoms with Crippen LogP contribution in [0.5, 0.6) is 11.5 Å². The van der Waals surface area contributed by atoms with Crippen molar-refractivity contribution in [1.29, 1.82) is 0 Å². The third kappa shape index (κ3) is 5.03. The Morgan fingerprint density at radius 2 is 1.30 bits per heavy atom. The maximum atomic E-state index is 11.5. The summed E-state index contributed by atoms with van der Waals surface area (Å²) in [6.45, 7) is 0. The van der Waals surface area contributed by atoms with E-state index in [1.165, 1.54) is 30.3 Å². The van der Waals surface area contributed by atoms with Gasteiger partial charge in [-0.2, -0.15) is 8.42 Å². The molecule has 1 atom stereocenters. The molecule has 0 heterocycles. The summed E-state index contributed by atoms with van der Waals surface area (Å²) in [6, 6.07) is 7.54. The summed E-state index contributed by atoms with van der Waals surface area (Å²) in [6.07, 6.45) is 0. The quantitative estimate of drug-likeness (QED) is 0.0746. The lowest BCUT2D eigenvalue weighted by molar-refractivity contribution is 0.465. The van der Waals surface area contributed by atoms with Crippen molar-refractivity contribution >= 4 is 78.5 Å². The van der Waals surface area contributed by atoms with Crippen molar-refractivity contribution in [2.24, 2.45) is 0 Å². The predicted octanol–water partition coefficient (Wildman–Crippen LogP) is 3.88. The van der Waals surface area contributed by atoms with Gasteiger partial charge in [0.1, 0.15) is 26.3 Å². The highest BCUT2D eigenvalue weighted by Crippen LogP contribution is 2.51. The zero-order chi connectivity index (χ0) is 24.7. The van der Waals surface area contributed by atoms with Crippen LogP contribution in [0.25, 0.3) is 0 Å². The van der Waals surface area contributed by atoms with Crippen LogP contribution >= 0.6 is 23.2 Å². The minimum Gasteiger partial charge on any atom is -0.504 e. The van der Waals surface area contributed by atoms with Gasteiger partial charge in [-0.25, -0.2) is 4.21 Å². The molecule has 3 rings (SSSR count). The molecule has 33 heavy (non-hydrogen) atoms. The second-order valence-corrected chi connectivity index (χ2v) is 9.64. The fourth-order valence-corrected chi connectivity index (χ4v) is 4.38. The molecule has 3 aromatic rings. The Bertz CT molecular complexity index is 1370. The Morgan fingerprint density at radius 1 is 0.848 bits per heavy atom. The molecule has 0 fully saturated rings. The highest BCUT2D eigenvalue weighted by atomic mass is 35.5. The summed E-state index contributed by atoms with van der Waals surface area (Å²) in [5.74, 6) is -1.22. The summed E-state index contributed by atoms with van der Waals surface area (Å²) < 4.78 is 52.9. The monoisotopic (exact) mass is 534 g/mol. The highest BCUT2D eigenvalue weighted by molar-refractivity contribution is 7.86. The smallest absolute Gasteiger partial charge is 0.296 e. The molecule has 0 saturated heterocycles. The maximum absolute atomic E-state index is 11.5. The van der Waals surface area contributed by atoms with Gasteiger partial charge in [0.05, 0.1) is 16.3 Å². The Balaban J connectivity index is 2.04. The number of anilines is 6. The molecule has 3 aromatic carbocycles. The Morgan fingerprint density at radius 3 is 1.76 bits per heavy atom. The summed E-state index contributed by atoms with van der Waals surface area (Å²) in [4.78, 5) is -0.681. The van der Waals surface area contributed by atoms with Gasteiger partial charge in [0.25, 0.3) is 10.1 Å². The summed E-state index contributed by atoms with van der Waals surface area (Å²) in [7, 11) is -4.63. The minimum atomic E-state index is -4.63. The molecular weight excluding hydrogens is 519 g/mol. The standard InChI is InChI=1S/C18H16Cl2N4O7S2/c19-13-15(23-7-1-3-9(21)11(5-7)32(27)28)17(25)14(20)16(18(13)26)24-8-2-4-10(22)12(6-8)33(29,30)31/h1-6,23-26H,21-22H2,(H,27,28)(H,29,30,31). The molecule has 1 unspecified atom stereocenters. The van der Waals surface area contributed by atoms with Crippen molar-refractivity contribution in [3.63, 3.8) is 0 Å². The van der Waals surface area contributed by atoms with Crippen molar-refractivity contribution < 1.29 is 31.9 Å². The van der Waals surface area contributed by atoms with E-state index < -0.39 is 42.6 Å². The van der Waals surface area contributed by atoms with Crippen LogP contribution in [0.4, 0.5) is 34.1 Å². The van der Waals surface area contributed by atoms with Gasteiger partial charge in [-0.3, -0.25) is 4.55 Å². The molecule has 15 heteroatoms. The number of nitrogen functional groups attached to an aromatic ring is 2. The van der Waals surface area contributed by atoms with Crippen LogP contribution in [0.1, 0.15) is 0 Å². The molecule has 0 aromatic heterocycles. The summed E-state index contributed by atoms with van der Waals surface area (Å²) in [5, 5.41) is 25.6. The van der Waals surface area contributed by atoms with Gasteiger partial charge in [-0.15, -0.1) is 0 Å². The zero-order valence-electron chi connectivity index (χ0n) is 16.2. The molecule has 0 bridgehead atoms. The van der Waals surface area contributed by atoms with Crippen molar-refractivity contribution in [3.05, 3.63) is 46.4 Å². The Kier molecular flexibility index (Phi) is 6.83. The molecule has 0 aliphatic rings. The number of phenolic OH excluding ortho intramolecular Hbond substituents is 2. The van der Waals surface area contributed by atoms with E-state index in [9.17, 15) is 31.9 Å². The van der Waals surface area contributed by atoms with Crippen LogP contribution in [-0.2, 0) is 21.2 Å². The number of nitrogens with two attached hydrogens (primary N) is 2. The first kappa shape index (κ1) is 24.7. The van der Waals surface area contributed by atoms with E-state index in [0.717, 1.165) is 6.07 Å². The SMILES string of the molecule is Nc1ccc(Nc2c(O)c(Cl)c(Nc3ccc(N)c(S(=O)(=O)O)c3)c(O)c2Cl)cc1S(=O)O. The van der Waals surface area contributed by atoms with E-state index in [0.29, 0.717) is 0 Å². The molecular formula is C18H16Cl2N4O7S2. The van der Waals surface area contributed by atoms with Crippen molar-refractivity contribution in [3.8, 4) is 11.5 Å². The Hall–Kier alpha value is -2.94. The van der Waals surface area contributed by atoms with E-state index in [4.69, 9.17) is 34.7 Å². The average Bonchev–Trinajstić information content (AvgIpc) is 2.74. The third-order valence-corrected chi connectivity index (χ3v) is 6.74. The van der Waals surface area contributed by atoms with Crippen LogP contribution in [0.15, 0.2) is 46.2 Å². The van der Waals surface area contributed by atoms with E-state index in [1.807, 2.05) is 0 Å². The number of aromatic hydroxyl groups is 2. The molecule has 0 aliphatic heterocycles. The van der Waals surface area contributed by atoms with Gasteiger partial charge in [0.2, 0.25) is 0 Å². The molecule has 10 N–H and O–H groups in total. The molecule has 11 nitrogen and oxygen atoms in total. The van der Waals surface area contributed by atoms with E-state index >= 15 is 0 Å². The number of benzene rings is 3. The number of hydrogen-bond donors (Lipinski definition) is 8. The number of hydrogen-bond acceptors (Lipinski definition) is 9. The van der Waals surface area contributed by atoms with E-state index in [2.05, 4.69) is 10.6 Å². The second kappa shape index (κ2) is 9.13. The third-order valence-electron chi connectivity index (χ3n) is 4.36. The van der Waals surface area contributed by atoms with Gasteiger partial charge in [-0.1, -0.05) is 23.2 Å². The topological polar surface area (TPSA) is 208 Å². The van der Waals surface area contributed by atoms with E-state index in [-0.39, 0.29) is 44.0 Å². The second-order valence-electron chi connectivity index (χ2n) is 6.55. The number of halogens is 2. The lowest BCUT2D eigenvalue weighted by Crippen LogP contribution is -2.04. The molecule has 0 radical (unpaired) electrons. The van der Waals surface area contributed by atoms with Crippen LogP contribution in [-0.4, -0.2) is 31.9 Å². The van der Waals surface area contributed by atoms with Gasteiger partial charge >= 0.3 is 0 Å². The van der Waals surface area contributed by atoms with Gasteiger partial charge in [0, 0.05) is 11.4 Å². The normalized spacial score (nSPS) is 12.4. The van der Waals surface area contributed by atoms with E-state index in [1.54, 1.807) is 0 Å². The summed E-state index contributed by atoms with van der Waals surface area (Å²) in [5.41, 5.74) is 10.8. The van der Waals surface area contributed by atoms with Crippen LogP contribution < -0.4 is 22.1 Å². The Labute approximate surface area is 200 Å². The van der Waals surface area contributed by atoms with Crippen LogP contribution in [0.3, 0.4) is 0 Å². The lowest BCUT2D eigenvalue weighted by atomic mass is 10.2. The van der Waals surface area contributed by atoms with Crippen molar-refractivity contribution in [2.45, 2.75) is 9.79 Å². The van der Waals surface area contributed by atoms with Gasteiger partial charge in [0.15, 0.2) is 22.6 Å². The minimum absolute atomic E-state index is 0.0406. The molecule has 0 amide bonds. The van der Waals surface area contributed by atoms with Gasteiger partial charge in [-0.05, 0) is 36.4 Å². The number of rotatable bonds is 6. The largest absolute Gasteiger partial charge is 0.504 e. The first-order valence-electron chi connectivity index (χ1n) is 8.65. The number of nitrogens with one attached hydrogen (secondary N) is 2. The van der Waals surface area contributed by atoms with Crippen LogP contribution in [0, 0.1) is 0 Å². The fourth-order valence-electron chi connectivity index (χ4n) is 2.78. The van der Waals surface area contributed by atoms with Gasteiger partial charge < -0.3 is 36.9 Å². The van der Waals surface area contributed by atoms with Crippen molar-refractivity contribution in [2.75, 3.05) is 22.1 Å². The average molecular weight is 535 g/mol. The molecule has 0 spiro atoms. The van der Waals surface area contributed by atoms with Crippen molar-refractivity contribution in [1.82, 2.24) is 0 Å². The lowest BCUT2D eigenvalue weighted by Gasteiger charge is -2.18. The highest BCUT2D eigenvalue weighted by Gasteiger charge is 2.23. The van der Waals surface area contributed by atoms with Crippen LogP contribution in [0.2, 0.25) is 10.0 Å². The predicted molar refractivity (Wildman–Crippen MR) is 127 cm³/mol. The molecule has 176 valence electrons. The molecule has 0 aliphatic carbocycles. The summed E-state index contributed by atoms with van der Waals surface area (Å²) >= 11 is 10.0. The zero-order valence-corrected chi connectivity index (χ0v) is 19.3. The first-order valence-corrected chi connectivity index (χ1v) is 12.0. The number of phenols is 2. The fraction of sp³-hybridized carbons (Fsp3) is 0.